The Morgan fingerprint density at radius 3 is 2.28 bits per heavy atom. The Morgan fingerprint density at radius 2 is 1.50 bits per heavy atom. The number of benzene rings is 3. The largest absolute Gasteiger partial charge is 0.489 e. The molecule has 2 heterocycles. The normalized spacial score (nSPS) is 17.2. The standard InChI is InChI=1S/C28H30N2O2/c31-28-15-12-24-8-4-5-9-27(24)30(28)25-16-18-29(19-17-25)20-22-10-13-26(14-11-22)32-21-23-6-2-1-3-7-23/h1-11,13-14,25H,12,15-21H2. The van der Waals surface area contributed by atoms with Crippen molar-refractivity contribution < 1.29 is 9.53 Å². The number of hydrogen-bond donors (Lipinski definition) is 0. The van der Waals surface area contributed by atoms with Gasteiger partial charge >= 0.3 is 0 Å². The number of carbonyl (C=O) groups is 1. The van der Waals surface area contributed by atoms with Gasteiger partial charge in [0.25, 0.3) is 0 Å². The Kier molecular flexibility index (Phi) is 6.22. The molecule has 1 amide bonds. The highest BCUT2D eigenvalue weighted by molar-refractivity contribution is 5.97. The highest BCUT2D eigenvalue weighted by Crippen LogP contribution is 2.32. The van der Waals surface area contributed by atoms with Crippen molar-refractivity contribution in [3.05, 3.63) is 95.6 Å². The molecule has 32 heavy (non-hydrogen) atoms. The molecule has 0 saturated carbocycles. The minimum absolute atomic E-state index is 0.285. The van der Waals surface area contributed by atoms with E-state index in [1.807, 2.05) is 24.3 Å². The lowest BCUT2D eigenvalue weighted by Crippen LogP contribution is -2.49. The average Bonchev–Trinajstić information content (AvgIpc) is 2.85. The minimum Gasteiger partial charge on any atom is -0.489 e. The van der Waals surface area contributed by atoms with Gasteiger partial charge in [0.2, 0.25) is 5.91 Å². The van der Waals surface area contributed by atoms with Crippen molar-refractivity contribution in [2.45, 2.75) is 44.9 Å². The number of para-hydroxylation sites is 1. The maximum Gasteiger partial charge on any atom is 0.227 e. The average molecular weight is 427 g/mol. The number of aryl methyl sites for hydroxylation is 1. The minimum atomic E-state index is 0.285. The quantitative estimate of drug-likeness (QED) is 0.542. The first-order chi connectivity index (χ1) is 15.8. The summed E-state index contributed by atoms with van der Waals surface area (Å²) in [6.07, 6.45) is 3.56. The molecule has 0 aliphatic carbocycles. The number of nitrogens with zero attached hydrogens (tertiary/aromatic N) is 2. The van der Waals surface area contributed by atoms with Crippen LogP contribution in [0, 0.1) is 0 Å². The summed E-state index contributed by atoms with van der Waals surface area (Å²) in [5, 5.41) is 0. The predicted molar refractivity (Wildman–Crippen MR) is 128 cm³/mol. The summed E-state index contributed by atoms with van der Waals surface area (Å²) in [6.45, 7) is 3.56. The fourth-order valence-electron chi connectivity index (χ4n) is 4.88. The lowest BCUT2D eigenvalue weighted by molar-refractivity contribution is -0.119. The number of ether oxygens (including phenoxy) is 1. The van der Waals surface area contributed by atoms with Crippen LogP contribution >= 0.6 is 0 Å². The molecular weight excluding hydrogens is 396 g/mol. The second-order valence-corrected chi connectivity index (χ2v) is 8.82. The second kappa shape index (κ2) is 9.58. The van der Waals surface area contributed by atoms with Crippen LogP contribution in [0.1, 0.15) is 36.0 Å². The van der Waals surface area contributed by atoms with E-state index in [0.717, 1.165) is 50.3 Å². The monoisotopic (exact) mass is 426 g/mol. The van der Waals surface area contributed by atoms with E-state index >= 15 is 0 Å². The van der Waals surface area contributed by atoms with E-state index in [0.29, 0.717) is 19.1 Å². The Morgan fingerprint density at radius 1 is 0.781 bits per heavy atom. The third-order valence-corrected chi connectivity index (χ3v) is 6.63. The number of piperidine rings is 1. The summed E-state index contributed by atoms with van der Waals surface area (Å²) in [6, 6.07) is 27.4. The lowest BCUT2D eigenvalue weighted by Gasteiger charge is -2.41. The predicted octanol–water partition coefficient (Wildman–Crippen LogP) is 5.21. The van der Waals surface area contributed by atoms with Gasteiger partial charge in [0.1, 0.15) is 12.4 Å². The van der Waals surface area contributed by atoms with Crippen molar-refractivity contribution in [3.8, 4) is 5.75 Å². The number of amides is 1. The smallest absolute Gasteiger partial charge is 0.227 e. The maximum atomic E-state index is 12.7. The molecule has 2 aliphatic rings. The van der Waals surface area contributed by atoms with Crippen LogP contribution in [-0.2, 0) is 24.4 Å². The van der Waals surface area contributed by atoms with Gasteiger partial charge in [0.05, 0.1) is 0 Å². The highest BCUT2D eigenvalue weighted by Gasteiger charge is 2.32. The molecule has 164 valence electrons. The molecule has 0 aromatic heterocycles. The number of likely N-dealkylation sites (tertiary alicyclic amines) is 1. The number of fused-ring (bicyclic) bond motifs is 1. The van der Waals surface area contributed by atoms with E-state index in [9.17, 15) is 4.79 Å². The Labute approximate surface area is 190 Å². The molecule has 0 atom stereocenters. The van der Waals surface area contributed by atoms with Crippen LogP contribution in [0.4, 0.5) is 5.69 Å². The first-order valence-corrected chi connectivity index (χ1v) is 11.6. The second-order valence-electron chi connectivity index (χ2n) is 8.82. The SMILES string of the molecule is O=C1CCc2ccccc2N1C1CCN(Cc2ccc(OCc3ccccc3)cc2)CC1. The number of rotatable bonds is 6. The molecule has 4 heteroatoms. The third-order valence-electron chi connectivity index (χ3n) is 6.63. The fraction of sp³-hybridized carbons (Fsp3) is 0.321. The van der Waals surface area contributed by atoms with Gasteiger partial charge in [-0.3, -0.25) is 9.69 Å². The summed E-state index contributed by atoms with van der Waals surface area (Å²) >= 11 is 0. The molecule has 5 rings (SSSR count). The zero-order chi connectivity index (χ0) is 21.8. The first kappa shape index (κ1) is 20.8. The van der Waals surface area contributed by atoms with Crippen molar-refractivity contribution >= 4 is 11.6 Å². The van der Waals surface area contributed by atoms with E-state index in [1.54, 1.807) is 0 Å². The van der Waals surface area contributed by atoms with Crippen molar-refractivity contribution in [1.82, 2.24) is 4.90 Å². The third kappa shape index (κ3) is 4.71. The molecule has 0 spiro atoms. The van der Waals surface area contributed by atoms with E-state index in [4.69, 9.17) is 4.74 Å². The van der Waals surface area contributed by atoms with Gasteiger partial charge in [-0.25, -0.2) is 0 Å². The summed E-state index contributed by atoms with van der Waals surface area (Å²) in [5.74, 6) is 1.19. The van der Waals surface area contributed by atoms with Gasteiger partial charge in [0, 0.05) is 37.8 Å². The Bertz CT molecular complexity index is 1040. The molecule has 0 radical (unpaired) electrons. The van der Waals surface area contributed by atoms with Crippen LogP contribution in [-0.4, -0.2) is 29.9 Å². The summed E-state index contributed by atoms with van der Waals surface area (Å²) in [5.41, 5.74) is 4.92. The fourth-order valence-corrected chi connectivity index (χ4v) is 4.88. The van der Waals surface area contributed by atoms with Crippen LogP contribution in [0.15, 0.2) is 78.9 Å². The Balaban J connectivity index is 1.14. The van der Waals surface area contributed by atoms with E-state index in [1.165, 1.54) is 16.7 Å². The zero-order valence-corrected chi connectivity index (χ0v) is 18.5. The highest BCUT2D eigenvalue weighted by atomic mass is 16.5. The molecule has 3 aromatic carbocycles. The van der Waals surface area contributed by atoms with Gasteiger partial charge in [-0.2, -0.15) is 0 Å². The van der Waals surface area contributed by atoms with Crippen LogP contribution in [0.5, 0.6) is 5.75 Å². The molecule has 3 aromatic rings. The van der Waals surface area contributed by atoms with E-state index in [-0.39, 0.29) is 5.91 Å². The van der Waals surface area contributed by atoms with Crippen LogP contribution in [0.3, 0.4) is 0 Å². The number of carbonyl (C=O) groups excluding carboxylic acids is 1. The van der Waals surface area contributed by atoms with Crippen LogP contribution in [0.25, 0.3) is 0 Å². The van der Waals surface area contributed by atoms with Gasteiger partial charge in [0.15, 0.2) is 0 Å². The van der Waals surface area contributed by atoms with Gasteiger partial charge in [-0.15, -0.1) is 0 Å². The molecule has 0 bridgehead atoms. The molecule has 1 fully saturated rings. The first-order valence-electron chi connectivity index (χ1n) is 11.6. The molecule has 0 unspecified atom stereocenters. The Hall–Kier alpha value is -3.11. The number of hydrogen-bond acceptors (Lipinski definition) is 3. The zero-order valence-electron chi connectivity index (χ0n) is 18.5. The van der Waals surface area contributed by atoms with Crippen molar-refractivity contribution in [2.75, 3.05) is 18.0 Å². The van der Waals surface area contributed by atoms with Crippen molar-refractivity contribution in [1.29, 1.82) is 0 Å². The molecule has 2 aliphatic heterocycles. The van der Waals surface area contributed by atoms with Gasteiger partial charge in [-0.1, -0.05) is 60.7 Å². The number of anilines is 1. The molecule has 1 saturated heterocycles. The lowest BCUT2D eigenvalue weighted by atomic mass is 9.95. The maximum absolute atomic E-state index is 12.7. The van der Waals surface area contributed by atoms with E-state index < -0.39 is 0 Å². The van der Waals surface area contributed by atoms with Crippen LogP contribution < -0.4 is 9.64 Å². The molecule has 4 nitrogen and oxygen atoms in total. The van der Waals surface area contributed by atoms with Gasteiger partial charge in [-0.05, 0) is 54.2 Å². The van der Waals surface area contributed by atoms with Crippen molar-refractivity contribution in [2.24, 2.45) is 0 Å². The molecule has 0 N–H and O–H groups in total. The molecular formula is C28H30N2O2. The van der Waals surface area contributed by atoms with E-state index in [2.05, 4.69) is 64.4 Å². The topological polar surface area (TPSA) is 32.8 Å². The summed E-state index contributed by atoms with van der Waals surface area (Å²) in [4.78, 5) is 17.3. The summed E-state index contributed by atoms with van der Waals surface area (Å²) in [7, 11) is 0. The van der Waals surface area contributed by atoms with Gasteiger partial charge < -0.3 is 9.64 Å². The summed E-state index contributed by atoms with van der Waals surface area (Å²) < 4.78 is 5.91. The van der Waals surface area contributed by atoms with Crippen molar-refractivity contribution in [3.63, 3.8) is 0 Å². The van der Waals surface area contributed by atoms with Crippen LogP contribution in [0.2, 0.25) is 0 Å².